The van der Waals surface area contributed by atoms with Gasteiger partial charge >= 0.3 is 11.9 Å². The highest BCUT2D eigenvalue weighted by Gasteiger charge is 2.41. The van der Waals surface area contributed by atoms with Crippen molar-refractivity contribution in [3.05, 3.63) is 70.8 Å². The Balaban J connectivity index is 1.68. The van der Waals surface area contributed by atoms with E-state index < -0.39 is 45.1 Å². The number of anilines is 4. The third-order valence-electron chi connectivity index (χ3n) is 6.04. The summed E-state index contributed by atoms with van der Waals surface area (Å²) >= 11 is 0. The van der Waals surface area contributed by atoms with Crippen LogP contribution in [0.4, 0.5) is 22.7 Å². The minimum atomic E-state index is -2.11. The van der Waals surface area contributed by atoms with Crippen LogP contribution < -0.4 is 10.6 Å². The molecule has 1 aliphatic carbocycles. The zero-order valence-corrected chi connectivity index (χ0v) is 19.4. The maximum atomic E-state index is 13.9. The maximum Gasteiger partial charge on any atom is 0.335 e. The fourth-order valence-corrected chi connectivity index (χ4v) is 7.64. The Labute approximate surface area is 206 Å². The molecule has 2 unspecified atom stereocenters. The fourth-order valence-electron chi connectivity index (χ4n) is 4.42. The SMILES string of the molecule is O=C(O)c1ccc2c(c1)S(=O)c1c(c3c(c4c1S(=O)c1cc(C(=O)O)ccc1N4)C(=O)C=CC3=O)N2. The van der Waals surface area contributed by atoms with Crippen LogP contribution in [0.15, 0.2) is 68.1 Å². The summed E-state index contributed by atoms with van der Waals surface area (Å²) in [6, 6.07) is 7.85. The first-order valence-electron chi connectivity index (χ1n) is 10.3. The van der Waals surface area contributed by atoms with E-state index >= 15 is 0 Å². The van der Waals surface area contributed by atoms with Crippen molar-refractivity contribution in [2.45, 2.75) is 19.6 Å². The molecule has 12 heteroatoms. The summed E-state index contributed by atoms with van der Waals surface area (Å²) in [5.41, 5.74) is 0.270. The summed E-state index contributed by atoms with van der Waals surface area (Å²) in [5, 5.41) is 24.8. The lowest BCUT2D eigenvalue weighted by molar-refractivity contribution is 0.0686. The molecule has 0 radical (unpaired) electrons. The number of carboxylic acids is 2. The first-order chi connectivity index (χ1) is 17.2. The van der Waals surface area contributed by atoms with Crippen molar-refractivity contribution in [3.8, 4) is 0 Å². The van der Waals surface area contributed by atoms with Gasteiger partial charge in [0.05, 0.1) is 86.2 Å². The number of benzene rings is 3. The zero-order valence-electron chi connectivity index (χ0n) is 17.8. The molecule has 0 amide bonds. The molecule has 0 saturated heterocycles. The van der Waals surface area contributed by atoms with Gasteiger partial charge in [-0.25, -0.2) is 18.0 Å². The Morgan fingerprint density at radius 3 is 1.42 bits per heavy atom. The van der Waals surface area contributed by atoms with Crippen molar-refractivity contribution in [1.29, 1.82) is 0 Å². The second-order valence-electron chi connectivity index (χ2n) is 8.04. The molecule has 3 aliphatic rings. The van der Waals surface area contributed by atoms with Gasteiger partial charge in [-0.3, -0.25) is 9.59 Å². The normalized spacial score (nSPS) is 18.6. The molecule has 3 aromatic rings. The lowest BCUT2D eigenvalue weighted by atomic mass is 9.90. The molecule has 2 heterocycles. The minimum Gasteiger partial charge on any atom is -0.478 e. The number of ketones is 2. The number of hydrogen-bond donors (Lipinski definition) is 4. The Morgan fingerprint density at radius 2 is 1.06 bits per heavy atom. The highest BCUT2D eigenvalue weighted by atomic mass is 32.2. The number of carboxylic acid groups (broad SMARTS) is 2. The highest BCUT2D eigenvalue weighted by Crippen LogP contribution is 2.51. The topological polar surface area (TPSA) is 167 Å². The molecule has 178 valence electrons. The molecule has 0 spiro atoms. The van der Waals surface area contributed by atoms with E-state index in [0.717, 1.165) is 12.2 Å². The fraction of sp³-hybridized carbons (Fsp3) is 0. The summed E-state index contributed by atoms with van der Waals surface area (Å²) in [6.45, 7) is 0. The summed E-state index contributed by atoms with van der Waals surface area (Å²) in [4.78, 5) is 49.0. The summed E-state index contributed by atoms with van der Waals surface area (Å²) in [6.07, 6.45) is 2.19. The third-order valence-corrected chi connectivity index (χ3v) is 9.20. The van der Waals surface area contributed by atoms with Gasteiger partial charge in [0, 0.05) is 0 Å². The number of aromatic carboxylic acids is 2. The van der Waals surface area contributed by atoms with Crippen LogP contribution in [0.2, 0.25) is 0 Å². The van der Waals surface area contributed by atoms with Crippen LogP contribution in [-0.2, 0) is 21.6 Å². The van der Waals surface area contributed by atoms with Crippen molar-refractivity contribution in [1.82, 2.24) is 0 Å². The van der Waals surface area contributed by atoms with E-state index in [-0.39, 0.29) is 64.6 Å². The van der Waals surface area contributed by atoms with Crippen LogP contribution in [0.5, 0.6) is 0 Å². The van der Waals surface area contributed by atoms with Gasteiger partial charge in [0.1, 0.15) is 0 Å². The van der Waals surface area contributed by atoms with E-state index in [1.807, 2.05) is 0 Å². The van der Waals surface area contributed by atoms with Crippen molar-refractivity contribution < 1.29 is 37.8 Å². The van der Waals surface area contributed by atoms with Crippen LogP contribution >= 0.6 is 0 Å². The first-order valence-corrected chi connectivity index (χ1v) is 12.6. The van der Waals surface area contributed by atoms with Gasteiger partial charge in [-0.2, -0.15) is 0 Å². The predicted molar refractivity (Wildman–Crippen MR) is 127 cm³/mol. The molecule has 0 saturated carbocycles. The van der Waals surface area contributed by atoms with E-state index in [1.54, 1.807) is 0 Å². The number of carbonyl (C=O) groups excluding carboxylic acids is 2. The molecule has 2 atom stereocenters. The molecule has 0 fully saturated rings. The Bertz CT molecular complexity index is 1600. The van der Waals surface area contributed by atoms with Crippen LogP contribution in [-0.4, -0.2) is 42.1 Å². The number of fused-ring (bicyclic) bond motifs is 8. The molecule has 4 N–H and O–H groups in total. The van der Waals surface area contributed by atoms with Crippen LogP contribution in [0.3, 0.4) is 0 Å². The Hall–Kier alpha value is -4.42. The van der Waals surface area contributed by atoms with Crippen LogP contribution in [0, 0.1) is 0 Å². The largest absolute Gasteiger partial charge is 0.478 e. The Morgan fingerprint density at radius 1 is 0.667 bits per heavy atom. The number of allylic oxidation sites excluding steroid dienone is 2. The predicted octanol–water partition coefficient (Wildman–Crippen LogP) is 3.47. The van der Waals surface area contributed by atoms with E-state index in [2.05, 4.69) is 10.6 Å². The Kier molecular flexibility index (Phi) is 4.62. The molecule has 36 heavy (non-hydrogen) atoms. The second kappa shape index (κ2) is 7.54. The molecule has 3 aromatic carbocycles. The minimum absolute atomic E-state index is 0.0355. The molecular formula is C24H12N2O8S2. The molecule has 0 aromatic heterocycles. The van der Waals surface area contributed by atoms with Crippen molar-refractivity contribution >= 4 is 67.9 Å². The summed E-state index contributed by atoms with van der Waals surface area (Å²) < 4.78 is 27.7. The summed E-state index contributed by atoms with van der Waals surface area (Å²) in [5.74, 6) is -3.53. The molecule has 10 nitrogen and oxygen atoms in total. The van der Waals surface area contributed by atoms with E-state index in [9.17, 15) is 37.8 Å². The van der Waals surface area contributed by atoms with Crippen molar-refractivity contribution in [2.75, 3.05) is 10.6 Å². The van der Waals surface area contributed by atoms with Crippen LogP contribution in [0.25, 0.3) is 0 Å². The average Bonchev–Trinajstić information content (AvgIpc) is 2.85. The van der Waals surface area contributed by atoms with Gasteiger partial charge in [0.25, 0.3) is 0 Å². The smallest absolute Gasteiger partial charge is 0.335 e. The van der Waals surface area contributed by atoms with E-state index in [1.165, 1.54) is 36.4 Å². The number of carbonyl (C=O) groups is 4. The van der Waals surface area contributed by atoms with Crippen molar-refractivity contribution in [3.63, 3.8) is 0 Å². The molecule has 0 bridgehead atoms. The van der Waals surface area contributed by atoms with Gasteiger partial charge in [0.2, 0.25) is 0 Å². The van der Waals surface area contributed by atoms with E-state index in [0.29, 0.717) is 0 Å². The second-order valence-corrected chi connectivity index (χ2v) is 10.8. The highest BCUT2D eigenvalue weighted by molar-refractivity contribution is 7.88. The zero-order chi connectivity index (χ0) is 25.5. The van der Waals surface area contributed by atoms with E-state index in [4.69, 9.17) is 0 Å². The van der Waals surface area contributed by atoms with Gasteiger partial charge in [0.15, 0.2) is 11.6 Å². The van der Waals surface area contributed by atoms with Gasteiger partial charge in [-0.15, -0.1) is 0 Å². The lowest BCUT2D eigenvalue weighted by Gasteiger charge is -2.32. The molecule has 6 rings (SSSR count). The van der Waals surface area contributed by atoms with Gasteiger partial charge < -0.3 is 20.8 Å². The van der Waals surface area contributed by atoms with Crippen LogP contribution in [0.1, 0.15) is 41.4 Å². The number of nitrogens with one attached hydrogen (secondary N) is 2. The van der Waals surface area contributed by atoms with Crippen molar-refractivity contribution in [2.24, 2.45) is 0 Å². The molecular weight excluding hydrogens is 508 g/mol. The van der Waals surface area contributed by atoms with Gasteiger partial charge in [-0.1, -0.05) is 0 Å². The quantitative estimate of drug-likeness (QED) is 0.271. The summed E-state index contributed by atoms with van der Waals surface area (Å²) in [7, 11) is -4.21. The standard InChI is InChI=1S/C24H12N2O8S2/c27-13-5-6-14(28)18-17(13)19-21(35(33)15-7-9(23(29)30)1-3-11(15)25-19)22-20(18)26-12-4-2-10(24(31)32)8-16(12)36(22)34/h1-8,25-26H,(H,29,30)(H,31,32). The average molecular weight is 521 g/mol. The lowest BCUT2D eigenvalue weighted by Crippen LogP contribution is -2.25. The number of rotatable bonds is 2. The first kappa shape index (κ1) is 22.1. The number of hydrogen-bond acceptors (Lipinski definition) is 8. The van der Waals surface area contributed by atoms with Gasteiger partial charge in [-0.05, 0) is 48.6 Å². The molecule has 2 aliphatic heterocycles. The third kappa shape index (κ3) is 2.94. The monoisotopic (exact) mass is 520 g/mol. The maximum absolute atomic E-state index is 13.9.